The molecule has 0 atom stereocenters. The van der Waals surface area contributed by atoms with Crippen molar-refractivity contribution in [3.05, 3.63) is 83.0 Å². The summed E-state index contributed by atoms with van der Waals surface area (Å²) in [4.78, 5) is 15.5. The number of methoxy groups -OCH3 is 1. The predicted molar refractivity (Wildman–Crippen MR) is 153 cm³/mol. The van der Waals surface area contributed by atoms with Crippen LogP contribution in [0, 0.1) is 20.8 Å². The third kappa shape index (κ3) is 6.48. The van der Waals surface area contributed by atoms with E-state index in [-0.39, 0.29) is 25.4 Å². The van der Waals surface area contributed by atoms with Crippen LogP contribution in [-0.2, 0) is 20.7 Å². The summed E-state index contributed by atoms with van der Waals surface area (Å²) < 4.78 is 11.0. The van der Waals surface area contributed by atoms with E-state index in [1.54, 1.807) is 21.0 Å². The van der Waals surface area contributed by atoms with Gasteiger partial charge in [-0.25, -0.2) is 0 Å². The predicted octanol–water partition coefficient (Wildman–Crippen LogP) is 5.77. The second-order valence-corrected chi connectivity index (χ2v) is 10.5. The Kier molecular flexibility index (Phi) is 9.30. The minimum Gasteiger partial charge on any atom is -0.388 e. The Balaban J connectivity index is 2.23. The van der Waals surface area contributed by atoms with E-state index in [1.807, 2.05) is 12.2 Å². The second-order valence-electron chi connectivity index (χ2n) is 10.5. The Morgan fingerprint density at radius 2 is 1.76 bits per heavy atom. The third-order valence-electron chi connectivity index (χ3n) is 6.84. The van der Waals surface area contributed by atoms with Crippen LogP contribution in [0.5, 0.6) is 0 Å². The highest BCUT2D eigenvalue weighted by Gasteiger charge is 2.30. The minimum absolute atomic E-state index is 0.0226. The Labute approximate surface area is 222 Å². The molecule has 1 heterocycles. The van der Waals surface area contributed by atoms with Crippen LogP contribution < -0.4 is 4.90 Å². The van der Waals surface area contributed by atoms with Crippen molar-refractivity contribution in [2.24, 2.45) is 0 Å². The Morgan fingerprint density at radius 1 is 1.08 bits per heavy atom. The first-order chi connectivity index (χ1) is 17.5. The van der Waals surface area contributed by atoms with E-state index in [9.17, 15) is 9.90 Å². The number of aliphatic hydroxyl groups is 1. The zero-order valence-corrected chi connectivity index (χ0v) is 23.2. The van der Waals surface area contributed by atoms with E-state index >= 15 is 0 Å². The molecule has 0 unspecified atom stereocenters. The number of allylic oxidation sites excluding steroid dienone is 2. The summed E-state index contributed by atoms with van der Waals surface area (Å²) in [7, 11) is 1.71. The van der Waals surface area contributed by atoms with E-state index in [0.29, 0.717) is 13.2 Å². The molecular formula is C32H41NO4. The van der Waals surface area contributed by atoms with Gasteiger partial charge in [-0.1, -0.05) is 55.1 Å². The number of fused-ring (bicyclic) bond motifs is 1. The van der Waals surface area contributed by atoms with Crippen molar-refractivity contribution in [3.8, 4) is 11.1 Å². The fourth-order valence-electron chi connectivity index (χ4n) is 5.10. The topological polar surface area (TPSA) is 59.0 Å². The van der Waals surface area contributed by atoms with Crippen LogP contribution in [0.1, 0.15) is 41.7 Å². The first kappa shape index (κ1) is 28.6. The van der Waals surface area contributed by atoms with E-state index in [4.69, 9.17) is 9.47 Å². The fraction of sp³-hybridized carbons (Fsp3) is 0.406. The lowest BCUT2D eigenvalue weighted by molar-refractivity contribution is -0.125. The van der Waals surface area contributed by atoms with Crippen molar-refractivity contribution < 1.29 is 19.4 Å². The van der Waals surface area contributed by atoms with Gasteiger partial charge in [0, 0.05) is 37.9 Å². The number of aryl methyl sites for hydroxylation is 1. The maximum atomic E-state index is 13.2. The molecule has 0 spiro atoms. The van der Waals surface area contributed by atoms with Gasteiger partial charge in [-0.05, 0) is 73.6 Å². The average Bonchev–Trinajstić information content (AvgIpc) is 2.85. The number of hydrogen-bond acceptors (Lipinski definition) is 5. The molecule has 5 heteroatoms. The summed E-state index contributed by atoms with van der Waals surface area (Å²) in [5.41, 5.74) is 10.00. The number of ketones is 1. The van der Waals surface area contributed by atoms with E-state index in [1.165, 1.54) is 5.56 Å². The molecule has 5 nitrogen and oxygen atoms in total. The Morgan fingerprint density at radius 3 is 2.32 bits per heavy atom. The van der Waals surface area contributed by atoms with E-state index in [2.05, 4.69) is 63.1 Å². The van der Waals surface area contributed by atoms with E-state index in [0.717, 1.165) is 56.8 Å². The van der Waals surface area contributed by atoms with Crippen LogP contribution in [0.4, 0.5) is 5.69 Å². The van der Waals surface area contributed by atoms with Crippen LogP contribution in [0.25, 0.3) is 16.7 Å². The quantitative estimate of drug-likeness (QED) is 0.398. The summed E-state index contributed by atoms with van der Waals surface area (Å²) in [6.45, 7) is 19.9. The van der Waals surface area contributed by atoms with Gasteiger partial charge in [0.1, 0.15) is 6.61 Å². The molecule has 37 heavy (non-hydrogen) atoms. The van der Waals surface area contributed by atoms with Crippen LogP contribution in [0.3, 0.4) is 0 Å². The summed E-state index contributed by atoms with van der Waals surface area (Å²) in [6.07, 6.45) is 4.08. The van der Waals surface area contributed by atoms with Gasteiger partial charge < -0.3 is 19.5 Å². The molecule has 0 aliphatic carbocycles. The van der Waals surface area contributed by atoms with Gasteiger partial charge in [0.2, 0.25) is 0 Å². The molecule has 1 aliphatic rings. The molecule has 3 rings (SSSR count). The van der Waals surface area contributed by atoms with Crippen molar-refractivity contribution >= 4 is 17.0 Å². The number of carbonyl (C=O) groups is 1. The monoisotopic (exact) mass is 503 g/mol. The number of rotatable bonds is 12. The highest BCUT2D eigenvalue weighted by molar-refractivity contribution is 5.97. The Hall–Kier alpha value is -2.99. The molecule has 2 aromatic rings. The molecule has 0 aromatic heterocycles. The number of benzene rings is 2. The van der Waals surface area contributed by atoms with Crippen LogP contribution in [0.15, 0.2) is 55.1 Å². The highest BCUT2D eigenvalue weighted by Crippen LogP contribution is 2.46. The third-order valence-corrected chi connectivity index (χ3v) is 6.84. The lowest BCUT2D eigenvalue weighted by Crippen LogP contribution is -2.34. The zero-order valence-electron chi connectivity index (χ0n) is 23.2. The normalized spacial score (nSPS) is 13.5. The molecule has 1 aliphatic heterocycles. The van der Waals surface area contributed by atoms with Crippen LogP contribution >= 0.6 is 0 Å². The van der Waals surface area contributed by atoms with Crippen LogP contribution in [0.2, 0.25) is 0 Å². The van der Waals surface area contributed by atoms with Crippen molar-refractivity contribution in [3.63, 3.8) is 0 Å². The standard InChI is InChI=1S/C32H41NO4/c1-9-24-18-33(15-16-36-8)31-22(4)28(17-26(34)19-37-20-32(6,7)35)29(23(5)30(31)27(24)10-2)25-13-11-21(3)12-14-25/h9-14,35H,1-2,15-20H2,3-8H3. The first-order valence-electron chi connectivity index (χ1n) is 12.8. The van der Waals surface area contributed by atoms with Gasteiger partial charge in [-0.2, -0.15) is 0 Å². The minimum atomic E-state index is -0.982. The molecule has 198 valence electrons. The maximum absolute atomic E-state index is 13.2. The molecule has 0 radical (unpaired) electrons. The van der Waals surface area contributed by atoms with Crippen molar-refractivity contribution in [2.45, 2.75) is 46.6 Å². The second kappa shape index (κ2) is 12.0. The SMILES string of the molecule is C=CC1=C(C=C)c2c(C)c(-c3ccc(C)cc3)c(CC(=O)COCC(C)(C)O)c(C)c2N(CCOC)C1. The summed E-state index contributed by atoms with van der Waals surface area (Å²) in [6, 6.07) is 8.46. The Bertz CT molecular complexity index is 1200. The number of anilines is 1. The van der Waals surface area contributed by atoms with Gasteiger partial charge in [0.15, 0.2) is 5.78 Å². The van der Waals surface area contributed by atoms with Gasteiger partial charge in [0.25, 0.3) is 0 Å². The molecule has 1 N–H and O–H groups in total. The zero-order chi connectivity index (χ0) is 27.3. The molecular weight excluding hydrogens is 462 g/mol. The number of ether oxygens (including phenoxy) is 2. The fourth-order valence-corrected chi connectivity index (χ4v) is 5.10. The first-order valence-corrected chi connectivity index (χ1v) is 12.8. The number of Topliss-reactive ketones (excluding diaryl/α,β-unsaturated/α-hetero) is 1. The number of nitrogens with zero attached hydrogens (tertiary/aromatic N) is 1. The summed E-state index contributed by atoms with van der Waals surface area (Å²) >= 11 is 0. The van der Waals surface area contributed by atoms with Crippen molar-refractivity contribution in [2.75, 3.05) is 44.9 Å². The average molecular weight is 504 g/mol. The van der Waals surface area contributed by atoms with Gasteiger partial charge in [0.05, 0.1) is 18.8 Å². The smallest absolute Gasteiger partial charge is 0.162 e. The van der Waals surface area contributed by atoms with Crippen molar-refractivity contribution in [1.82, 2.24) is 0 Å². The molecule has 0 saturated heterocycles. The van der Waals surface area contributed by atoms with Gasteiger partial charge >= 0.3 is 0 Å². The maximum Gasteiger partial charge on any atom is 0.162 e. The summed E-state index contributed by atoms with van der Waals surface area (Å²) in [5.74, 6) is -0.0226. The van der Waals surface area contributed by atoms with Gasteiger partial charge in [-0.15, -0.1) is 0 Å². The molecule has 0 amide bonds. The van der Waals surface area contributed by atoms with E-state index < -0.39 is 5.60 Å². The highest BCUT2D eigenvalue weighted by atomic mass is 16.5. The lowest BCUT2D eigenvalue weighted by atomic mass is 9.79. The molecule has 0 bridgehead atoms. The summed E-state index contributed by atoms with van der Waals surface area (Å²) in [5, 5.41) is 9.97. The molecule has 0 saturated carbocycles. The van der Waals surface area contributed by atoms with Crippen LogP contribution in [-0.4, -0.2) is 56.5 Å². The number of hydrogen-bond donors (Lipinski definition) is 1. The number of carbonyl (C=O) groups excluding carboxylic acids is 1. The van der Waals surface area contributed by atoms with Gasteiger partial charge in [-0.3, -0.25) is 4.79 Å². The largest absolute Gasteiger partial charge is 0.388 e. The molecule has 2 aromatic carbocycles. The van der Waals surface area contributed by atoms with Crippen molar-refractivity contribution in [1.29, 1.82) is 0 Å². The molecule has 0 fully saturated rings. The lowest BCUT2D eigenvalue weighted by Gasteiger charge is -2.37.